The van der Waals surface area contributed by atoms with Crippen LogP contribution in [0.1, 0.15) is 5.56 Å². The molecule has 18 heavy (non-hydrogen) atoms. The van der Waals surface area contributed by atoms with Gasteiger partial charge in [-0.15, -0.1) is 11.3 Å². The third kappa shape index (κ3) is 3.13. The number of anilines is 1. The Bertz CT molecular complexity index is 677. The van der Waals surface area contributed by atoms with Crippen LogP contribution < -0.4 is 4.72 Å². The van der Waals surface area contributed by atoms with Crippen molar-refractivity contribution in [3.63, 3.8) is 0 Å². The van der Waals surface area contributed by atoms with Gasteiger partial charge < -0.3 is 0 Å². The first-order chi connectivity index (χ1) is 8.37. The predicted molar refractivity (Wildman–Crippen MR) is 80.7 cm³/mol. The molecule has 0 bridgehead atoms. The van der Waals surface area contributed by atoms with E-state index in [9.17, 15) is 8.42 Å². The molecule has 1 heterocycles. The van der Waals surface area contributed by atoms with Crippen LogP contribution in [0.25, 0.3) is 10.4 Å². The Morgan fingerprint density at radius 2 is 2.00 bits per heavy atom. The van der Waals surface area contributed by atoms with Gasteiger partial charge in [-0.2, -0.15) is 0 Å². The molecule has 3 nitrogen and oxygen atoms in total. The molecule has 1 N–H and O–H groups in total. The van der Waals surface area contributed by atoms with Gasteiger partial charge in [-0.25, -0.2) is 8.42 Å². The van der Waals surface area contributed by atoms with E-state index in [4.69, 9.17) is 0 Å². The Labute approximate surface area is 119 Å². The highest BCUT2D eigenvalue weighted by atomic mass is 79.9. The topological polar surface area (TPSA) is 46.2 Å². The molecular weight excluding hydrogens is 334 g/mol. The van der Waals surface area contributed by atoms with Gasteiger partial charge in [-0.1, -0.05) is 11.6 Å². The SMILES string of the molecule is Cc1ccc(NS(C)(=O)=O)c(-c2sccc2Br)c1. The van der Waals surface area contributed by atoms with Gasteiger partial charge in [0.2, 0.25) is 10.0 Å². The van der Waals surface area contributed by atoms with E-state index in [0.717, 1.165) is 26.7 Å². The molecule has 0 saturated heterocycles. The average molecular weight is 346 g/mol. The number of nitrogens with one attached hydrogen (secondary N) is 1. The van der Waals surface area contributed by atoms with E-state index in [0.29, 0.717) is 5.69 Å². The van der Waals surface area contributed by atoms with E-state index >= 15 is 0 Å². The monoisotopic (exact) mass is 345 g/mol. The second-order valence-corrected chi connectivity index (χ2v) is 7.54. The molecule has 0 fully saturated rings. The molecule has 0 aliphatic carbocycles. The fourth-order valence-corrected chi connectivity index (χ4v) is 3.82. The number of sulfonamides is 1. The van der Waals surface area contributed by atoms with Crippen molar-refractivity contribution in [2.24, 2.45) is 0 Å². The van der Waals surface area contributed by atoms with E-state index in [-0.39, 0.29) is 0 Å². The van der Waals surface area contributed by atoms with Crippen LogP contribution in [0.3, 0.4) is 0 Å². The molecule has 2 aromatic rings. The third-order valence-corrected chi connectivity index (χ3v) is 4.79. The van der Waals surface area contributed by atoms with Gasteiger partial charge in [-0.3, -0.25) is 4.72 Å². The van der Waals surface area contributed by atoms with E-state index in [1.54, 1.807) is 17.4 Å². The van der Waals surface area contributed by atoms with Crippen molar-refractivity contribution in [1.29, 1.82) is 0 Å². The Morgan fingerprint density at radius 3 is 2.56 bits per heavy atom. The number of thiophene rings is 1. The minimum atomic E-state index is -3.28. The quantitative estimate of drug-likeness (QED) is 0.917. The average Bonchev–Trinajstić information content (AvgIpc) is 2.65. The van der Waals surface area contributed by atoms with Crippen molar-refractivity contribution in [2.45, 2.75) is 6.92 Å². The summed E-state index contributed by atoms with van der Waals surface area (Å²) in [6, 6.07) is 7.60. The summed E-state index contributed by atoms with van der Waals surface area (Å²) in [6.07, 6.45) is 1.15. The first kappa shape index (κ1) is 13.6. The third-order valence-electron chi connectivity index (χ3n) is 2.33. The zero-order valence-electron chi connectivity index (χ0n) is 9.90. The first-order valence-electron chi connectivity index (χ1n) is 5.18. The highest BCUT2D eigenvalue weighted by Gasteiger charge is 2.12. The van der Waals surface area contributed by atoms with Crippen LogP contribution in [-0.4, -0.2) is 14.7 Å². The van der Waals surface area contributed by atoms with Crippen LogP contribution in [0.5, 0.6) is 0 Å². The van der Waals surface area contributed by atoms with Gasteiger partial charge in [0.15, 0.2) is 0 Å². The van der Waals surface area contributed by atoms with Gasteiger partial charge >= 0.3 is 0 Å². The predicted octanol–water partition coefficient (Wildman–Crippen LogP) is 3.86. The van der Waals surface area contributed by atoms with Crippen LogP contribution >= 0.6 is 27.3 Å². The van der Waals surface area contributed by atoms with Crippen molar-refractivity contribution in [2.75, 3.05) is 11.0 Å². The van der Waals surface area contributed by atoms with Crippen molar-refractivity contribution >= 4 is 43.0 Å². The van der Waals surface area contributed by atoms with Crippen molar-refractivity contribution < 1.29 is 8.42 Å². The summed E-state index contributed by atoms with van der Waals surface area (Å²) in [7, 11) is -3.28. The molecule has 0 amide bonds. The lowest BCUT2D eigenvalue weighted by Crippen LogP contribution is -2.10. The van der Waals surface area contributed by atoms with Gasteiger partial charge in [0, 0.05) is 10.0 Å². The zero-order chi connectivity index (χ0) is 13.3. The molecule has 1 aromatic carbocycles. The fraction of sp³-hybridized carbons (Fsp3) is 0.167. The molecule has 0 radical (unpaired) electrons. The van der Waals surface area contributed by atoms with Crippen LogP contribution in [0.2, 0.25) is 0 Å². The van der Waals surface area contributed by atoms with Crippen LogP contribution in [-0.2, 0) is 10.0 Å². The number of hydrogen-bond donors (Lipinski definition) is 1. The Balaban J connectivity index is 2.58. The van der Waals surface area contributed by atoms with Gasteiger partial charge in [0.05, 0.1) is 16.8 Å². The minimum Gasteiger partial charge on any atom is -0.283 e. The molecule has 6 heteroatoms. The highest BCUT2D eigenvalue weighted by Crippen LogP contribution is 2.38. The summed E-state index contributed by atoms with van der Waals surface area (Å²) in [6.45, 7) is 1.98. The summed E-state index contributed by atoms with van der Waals surface area (Å²) in [4.78, 5) is 1.02. The molecule has 0 spiro atoms. The number of rotatable bonds is 3. The maximum absolute atomic E-state index is 11.4. The number of hydrogen-bond acceptors (Lipinski definition) is 3. The van der Waals surface area contributed by atoms with Crippen molar-refractivity contribution in [3.8, 4) is 10.4 Å². The lowest BCUT2D eigenvalue weighted by molar-refractivity contribution is 0.607. The maximum Gasteiger partial charge on any atom is 0.229 e. The largest absolute Gasteiger partial charge is 0.283 e. The van der Waals surface area contributed by atoms with E-state index in [2.05, 4.69) is 20.7 Å². The summed E-state index contributed by atoms with van der Waals surface area (Å²) < 4.78 is 26.3. The number of aryl methyl sites for hydroxylation is 1. The molecule has 1 aromatic heterocycles. The molecule has 0 aliphatic heterocycles. The van der Waals surface area contributed by atoms with Gasteiger partial charge in [0.1, 0.15) is 0 Å². The Kier molecular flexibility index (Phi) is 3.79. The van der Waals surface area contributed by atoms with Crippen LogP contribution in [0, 0.1) is 6.92 Å². The fourth-order valence-electron chi connectivity index (χ4n) is 1.62. The second kappa shape index (κ2) is 5.03. The molecule has 2 rings (SSSR count). The van der Waals surface area contributed by atoms with Crippen LogP contribution in [0.4, 0.5) is 5.69 Å². The van der Waals surface area contributed by atoms with E-state index in [1.165, 1.54) is 0 Å². The van der Waals surface area contributed by atoms with E-state index in [1.807, 2.05) is 30.5 Å². The van der Waals surface area contributed by atoms with Crippen LogP contribution in [0.15, 0.2) is 34.1 Å². The summed E-state index contributed by atoms with van der Waals surface area (Å²) in [5.41, 5.74) is 2.58. The Hall–Kier alpha value is -0.850. The van der Waals surface area contributed by atoms with Crippen molar-refractivity contribution in [1.82, 2.24) is 0 Å². The second-order valence-electron chi connectivity index (χ2n) is 4.02. The maximum atomic E-state index is 11.4. The zero-order valence-corrected chi connectivity index (χ0v) is 13.1. The molecule has 0 aliphatic rings. The minimum absolute atomic E-state index is 0.603. The lowest BCUT2D eigenvalue weighted by atomic mass is 10.1. The molecule has 0 saturated carbocycles. The first-order valence-corrected chi connectivity index (χ1v) is 8.75. The molecule has 0 atom stereocenters. The molecule has 0 unspecified atom stereocenters. The normalized spacial score (nSPS) is 11.5. The molecule has 96 valence electrons. The van der Waals surface area contributed by atoms with E-state index < -0.39 is 10.0 Å². The summed E-state index contributed by atoms with van der Waals surface area (Å²) in [5.74, 6) is 0. The smallest absolute Gasteiger partial charge is 0.229 e. The summed E-state index contributed by atoms with van der Waals surface area (Å²) >= 11 is 5.04. The Morgan fingerprint density at radius 1 is 1.28 bits per heavy atom. The standard InChI is InChI=1S/C12H12BrNO2S2/c1-8-3-4-11(14-18(2,15)16)9(7-8)12-10(13)5-6-17-12/h3-7,14H,1-2H3. The highest BCUT2D eigenvalue weighted by molar-refractivity contribution is 9.10. The molecular formula is C12H12BrNO2S2. The van der Waals surface area contributed by atoms with Gasteiger partial charge in [-0.05, 0) is 46.4 Å². The summed E-state index contributed by atoms with van der Waals surface area (Å²) in [5, 5.41) is 1.96. The van der Waals surface area contributed by atoms with Crippen molar-refractivity contribution in [3.05, 3.63) is 39.7 Å². The van der Waals surface area contributed by atoms with Gasteiger partial charge in [0.25, 0.3) is 0 Å². The number of benzene rings is 1. The number of halogens is 1. The lowest BCUT2D eigenvalue weighted by Gasteiger charge is -2.11.